The average molecular weight is 217 g/mol. The van der Waals surface area contributed by atoms with Crippen molar-refractivity contribution in [2.24, 2.45) is 11.8 Å². The van der Waals surface area contributed by atoms with Crippen molar-refractivity contribution in [3.8, 4) is 0 Å². The lowest BCUT2D eigenvalue weighted by Crippen LogP contribution is -2.55. The van der Waals surface area contributed by atoms with Crippen molar-refractivity contribution in [2.45, 2.75) is 39.2 Å². The third-order valence-corrected chi connectivity index (χ3v) is 4.15. The number of rotatable bonds is 4. The van der Waals surface area contributed by atoms with E-state index in [-0.39, 0.29) is 0 Å². The van der Waals surface area contributed by atoms with Crippen LogP contribution in [0, 0.1) is 11.8 Å². The molecule has 4 unspecified atom stereocenters. The molecular weight excluding hydrogens is 194 g/mol. The normalized spacial score (nSPS) is 33.4. The Morgan fingerprint density at radius 1 is 1.12 bits per heavy atom. The van der Waals surface area contributed by atoms with Crippen LogP contribution >= 0.6 is 0 Å². The Morgan fingerprint density at radius 2 is 1.81 bits per heavy atom. The molecule has 1 fully saturated rings. The second kappa shape index (κ2) is 5.01. The highest BCUT2D eigenvalue weighted by molar-refractivity contribution is 5.26. The van der Waals surface area contributed by atoms with E-state index in [2.05, 4.69) is 56.4 Å². The summed E-state index contributed by atoms with van der Waals surface area (Å²) in [6.45, 7) is 8.00. The Hall–Kier alpha value is -0.820. The van der Waals surface area contributed by atoms with Crippen LogP contribution in [0.1, 0.15) is 38.7 Å². The maximum Gasteiger partial charge on any atom is 0.0133 e. The minimum atomic E-state index is 0.722. The van der Waals surface area contributed by atoms with Crippen molar-refractivity contribution in [1.29, 1.82) is 0 Å². The first-order valence-electron chi connectivity index (χ1n) is 6.57. The average Bonchev–Trinajstić information content (AvgIpc) is 2.33. The Balaban J connectivity index is 2.12. The van der Waals surface area contributed by atoms with E-state index in [9.17, 15) is 0 Å². The fourth-order valence-electron chi connectivity index (χ4n) is 3.39. The van der Waals surface area contributed by atoms with E-state index in [1.807, 2.05) is 0 Å². The molecular formula is C15H23N. The van der Waals surface area contributed by atoms with Gasteiger partial charge in [-0.05, 0) is 29.9 Å². The van der Waals surface area contributed by atoms with Crippen molar-refractivity contribution in [3.05, 3.63) is 35.9 Å². The summed E-state index contributed by atoms with van der Waals surface area (Å²) in [7, 11) is 0. The molecule has 0 radical (unpaired) electrons. The zero-order chi connectivity index (χ0) is 11.5. The Bertz CT molecular complexity index is 319. The minimum Gasteiger partial charge on any atom is -0.314 e. The molecule has 2 rings (SSSR count). The molecule has 0 saturated heterocycles. The van der Waals surface area contributed by atoms with E-state index >= 15 is 0 Å². The predicted molar refractivity (Wildman–Crippen MR) is 69.6 cm³/mol. The Labute approximate surface area is 99.3 Å². The SMILES string of the molecule is CCNC1C(C)C(c2ccccc2)C1CC. The first-order valence-corrected chi connectivity index (χ1v) is 6.57. The number of benzene rings is 1. The first kappa shape index (κ1) is 11.7. The van der Waals surface area contributed by atoms with Crippen LogP contribution < -0.4 is 5.32 Å². The molecule has 4 atom stereocenters. The van der Waals surface area contributed by atoms with Gasteiger partial charge < -0.3 is 5.32 Å². The molecule has 0 bridgehead atoms. The lowest BCUT2D eigenvalue weighted by atomic mass is 9.58. The molecule has 0 aliphatic heterocycles. The summed E-state index contributed by atoms with van der Waals surface area (Å²) in [4.78, 5) is 0. The van der Waals surface area contributed by atoms with Crippen LogP contribution in [-0.2, 0) is 0 Å². The van der Waals surface area contributed by atoms with Crippen LogP contribution in [0.3, 0.4) is 0 Å². The molecule has 0 aromatic heterocycles. The van der Waals surface area contributed by atoms with Gasteiger partial charge in [0.05, 0.1) is 0 Å². The quantitative estimate of drug-likeness (QED) is 0.815. The molecule has 0 heterocycles. The van der Waals surface area contributed by atoms with Crippen molar-refractivity contribution in [1.82, 2.24) is 5.32 Å². The highest BCUT2D eigenvalue weighted by Crippen LogP contribution is 2.49. The van der Waals surface area contributed by atoms with Crippen LogP contribution in [0.15, 0.2) is 30.3 Å². The van der Waals surface area contributed by atoms with Crippen LogP contribution in [0.4, 0.5) is 0 Å². The fourth-order valence-corrected chi connectivity index (χ4v) is 3.39. The Kier molecular flexibility index (Phi) is 3.65. The summed E-state index contributed by atoms with van der Waals surface area (Å²) in [6.07, 6.45) is 1.28. The second-order valence-electron chi connectivity index (χ2n) is 4.95. The van der Waals surface area contributed by atoms with Crippen LogP contribution in [-0.4, -0.2) is 12.6 Å². The molecule has 1 heteroatoms. The molecule has 0 amide bonds. The monoisotopic (exact) mass is 217 g/mol. The highest BCUT2D eigenvalue weighted by Gasteiger charge is 2.46. The molecule has 1 aromatic rings. The molecule has 1 aliphatic rings. The highest BCUT2D eigenvalue weighted by atomic mass is 14.9. The minimum absolute atomic E-state index is 0.722. The smallest absolute Gasteiger partial charge is 0.0133 e. The topological polar surface area (TPSA) is 12.0 Å². The summed E-state index contributed by atoms with van der Waals surface area (Å²) in [5.41, 5.74) is 1.52. The maximum atomic E-state index is 3.63. The van der Waals surface area contributed by atoms with E-state index in [0.29, 0.717) is 0 Å². The largest absolute Gasteiger partial charge is 0.314 e. The fraction of sp³-hybridized carbons (Fsp3) is 0.600. The summed E-state index contributed by atoms with van der Waals surface area (Å²) >= 11 is 0. The van der Waals surface area contributed by atoms with E-state index in [1.54, 1.807) is 0 Å². The summed E-state index contributed by atoms with van der Waals surface area (Å²) in [6, 6.07) is 11.7. The molecule has 1 nitrogen and oxygen atoms in total. The van der Waals surface area contributed by atoms with Crippen LogP contribution in [0.2, 0.25) is 0 Å². The van der Waals surface area contributed by atoms with Crippen molar-refractivity contribution < 1.29 is 0 Å². The maximum absolute atomic E-state index is 3.63. The lowest BCUT2D eigenvalue weighted by Gasteiger charge is -2.51. The standard InChI is InChI=1S/C15H23N/c1-4-13-14(11(3)15(13)16-5-2)12-9-7-6-8-10-12/h6-11,13-16H,4-5H2,1-3H3. The summed E-state index contributed by atoms with van der Waals surface area (Å²) in [5, 5.41) is 3.63. The van der Waals surface area contributed by atoms with Gasteiger partial charge in [-0.2, -0.15) is 0 Å². The number of hydrogen-bond donors (Lipinski definition) is 1. The van der Waals surface area contributed by atoms with Gasteiger partial charge in [0, 0.05) is 6.04 Å². The van der Waals surface area contributed by atoms with E-state index in [0.717, 1.165) is 30.3 Å². The van der Waals surface area contributed by atoms with Gasteiger partial charge in [0.25, 0.3) is 0 Å². The van der Waals surface area contributed by atoms with Crippen LogP contribution in [0.5, 0.6) is 0 Å². The first-order chi connectivity index (χ1) is 7.79. The van der Waals surface area contributed by atoms with Gasteiger partial charge >= 0.3 is 0 Å². The number of nitrogens with one attached hydrogen (secondary N) is 1. The Morgan fingerprint density at radius 3 is 2.38 bits per heavy atom. The van der Waals surface area contributed by atoms with Gasteiger partial charge in [-0.25, -0.2) is 0 Å². The molecule has 88 valence electrons. The van der Waals surface area contributed by atoms with Gasteiger partial charge in [0.15, 0.2) is 0 Å². The summed E-state index contributed by atoms with van der Waals surface area (Å²) < 4.78 is 0. The van der Waals surface area contributed by atoms with E-state index < -0.39 is 0 Å². The van der Waals surface area contributed by atoms with Gasteiger partial charge in [0.1, 0.15) is 0 Å². The van der Waals surface area contributed by atoms with Gasteiger partial charge in [-0.1, -0.05) is 57.5 Å². The molecule has 1 saturated carbocycles. The molecule has 16 heavy (non-hydrogen) atoms. The van der Waals surface area contributed by atoms with Crippen molar-refractivity contribution in [3.63, 3.8) is 0 Å². The van der Waals surface area contributed by atoms with Gasteiger partial charge in [-0.3, -0.25) is 0 Å². The zero-order valence-corrected chi connectivity index (χ0v) is 10.6. The lowest BCUT2D eigenvalue weighted by molar-refractivity contribution is 0.0799. The van der Waals surface area contributed by atoms with Gasteiger partial charge in [-0.15, -0.1) is 0 Å². The summed E-state index contributed by atoms with van der Waals surface area (Å²) in [5.74, 6) is 2.35. The van der Waals surface area contributed by atoms with E-state index in [4.69, 9.17) is 0 Å². The molecule has 0 spiro atoms. The molecule has 1 aliphatic carbocycles. The third kappa shape index (κ3) is 1.89. The number of hydrogen-bond acceptors (Lipinski definition) is 1. The van der Waals surface area contributed by atoms with Gasteiger partial charge in [0.2, 0.25) is 0 Å². The molecule has 1 aromatic carbocycles. The van der Waals surface area contributed by atoms with Crippen molar-refractivity contribution in [2.75, 3.05) is 6.54 Å². The second-order valence-corrected chi connectivity index (χ2v) is 4.95. The van der Waals surface area contributed by atoms with Crippen LogP contribution in [0.25, 0.3) is 0 Å². The predicted octanol–water partition coefficient (Wildman–Crippen LogP) is 3.42. The molecule has 1 N–H and O–H groups in total. The van der Waals surface area contributed by atoms with E-state index in [1.165, 1.54) is 12.0 Å². The van der Waals surface area contributed by atoms with Crippen molar-refractivity contribution >= 4 is 0 Å². The zero-order valence-electron chi connectivity index (χ0n) is 10.6. The third-order valence-electron chi connectivity index (χ3n) is 4.15.